The van der Waals surface area contributed by atoms with Crippen LogP contribution in [0.5, 0.6) is 11.5 Å². The quantitative estimate of drug-likeness (QED) is 0.110. The van der Waals surface area contributed by atoms with Crippen LogP contribution >= 0.6 is 24.0 Å². The molecule has 3 aromatic carbocycles. The van der Waals surface area contributed by atoms with Crippen molar-refractivity contribution in [3.8, 4) is 22.6 Å². The van der Waals surface area contributed by atoms with Crippen molar-refractivity contribution >= 4 is 57.8 Å². The number of carboxylic acids is 1. The molecule has 2 aliphatic rings. The van der Waals surface area contributed by atoms with E-state index in [0.29, 0.717) is 45.0 Å². The summed E-state index contributed by atoms with van der Waals surface area (Å²) < 4.78 is 93.2. The highest BCUT2D eigenvalue weighted by Gasteiger charge is 2.37. The zero-order chi connectivity index (χ0) is 37.8. The Balaban J connectivity index is 1.39. The number of anilines is 1. The van der Waals surface area contributed by atoms with Crippen molar-refractivity contribution in [2.45, 2.75) is 18.8 Å². The molecule has 0 bridgehead atoms. The van der Waals surface area contributed by atoms with Gasteiger partial charge in [0.15, 0.2) is 0 Å². The van der Waals surface area contributed by atoms with Crippen molar-refractivity contribution in [3.63, 3.8) is 0 Å². The van der Waals surface area contributed by atoms with Crippen LogP contribution in [-0.2, 0) is 26.7 Å². The lowest BCUT2D eigenvalue weighted by Gasteiger charge is -2.26. The Labute approximate surface area is 302 Å². The summed E-state index contributed by atoms with van der Waals surface area (Å²) in [4.78, 5) is 40.5. The Bertz CT molecular complexity index is 1880. The summed E-state index contributed by atoms with van der Waals surface area (Å²) in [6.45, 7) is 2.95. The van der Waals surface area contributed by atoms with E-state index in [9.17, 15) is 45.8 Å². The Morgan fingerprint density at radius 1 is 0.942 bits per heavy atom. The molecule has 3 N–H and O–H groups in total. The second-order valence-corrected chi connectivity index (χ2v) is 13.2. The molecule has 10 nitrogen and oxygen atoms in total. The van der Waals surface area contributed by atoms with E-state index >= 15 is 0 Å². The number of aromatic carboxylic acids is 1. The fourth-order valence-corrected chi connectivity index (χ4v) is 6.56. The minimum absolute atomic E-state index is 0.00190. The Morgan fingerprint density at radius 3 is 2.23 bits per heavy atom. The number of thioether (sulfide) groups is 1. The molecule has 5 rings (SSSR count). The van der Waals surface area contributed by atoms with E-state index in [1.165, 1.54) is 30.3 Å². The van der Waals surface area contributed by atoms with E-state index in [1.54, 1.807) is 0 Å². The molecular formula is C34H29F6N3O7S2. The Hall–Kier alpha value is -4.65. The lowest BCUT2D eigenvalue weighted by atomic mass is 9.97. The molecule has 0 aliphatic carbocycles. The fourth-order valence-electron chi connectivity index (χ4n) is 5.26. The molecule has 0 spiro atoms. The van der Waals surface area contributed by atoms with Crippen LogP contribution in [0.25, 0.3) is 17.2 Å². The molecule has 2 heterocycles. The van der Waals surface area contributed by atoms with Gasteiger partial charge >= 0.3 is 18.3 Å². The third-order valence-electron chi connectivity index (χ3n) is 7.93. The van der Waals surface area contributed by atoms with Crippen molar-refractivity contribution in [1.29, 1.82) is 0 Å². The highest BCUT2D eigenvalue weighted by molar-refractivity contribution is 8.26. The van der Waals surface area contributed by atoms with Crippen LogP contribution in [-0.4, -0.2) is 88.1 Å². The molecule has 0 radical (unpaired) electrons. The third-order valence-corrected chi connectivity index (χ3v) is 9.31. The van der Waals surface area contributed by atoms with E-state index in [-0.39, 0.29) is 68.6 Å². The molecule has 2 fully saturated rings. The van der Waals surface area contributed by atoms with Gasteiger partial charge in [0.1, 0.15) is 28.0 Å². The van der Waals surface area contributed by atoms with Crippen LogP contribution in [0.1, 0.15) is 33.5 Å². The van der Waals surface area contributed by atoms with Crippen molar-refractivity contribution in [2.75, 3.05) is 51.3 Å². The monoisotopic (exact) mass is 769 g/mol. The maximum absolute atomic E-state index is 13.6. The first-order valence-electron chi connectivity index (χ1n) is 15.5. The second kappa shape index (κ2) is 15.9. The van der Waals surface area contributed by atoms with E-state index in [1.807, 2.05) is 0 Å². The van der Waals surface area contributed by atoms with Gasteiger partial charge in [-0.2, -0.15) is 26.3 Å². The molecule has 2 aliphatic heterocycles. The molecule has 0 aromatic heterocycles. The van der Waals surface area contributed by atoms with Gasteiger partial charge in [-0.25, -0.2) is 4.79 Å². The molecule has 3 aromatic rings. The van der Waals surface area contributed by atoms with Crippen molar-refractivity contribution in [1.82, 2.24) is 9.80 Å². The Kier molecular flexibility index (Phi) is 11.8. The highest BCUT2D eigenvalue weighted by atomic mass is 32.2. The number of aromatic hydroxyl groups is 1. The first-order chi connectivity index (χ1) is 24.5. The fraction of sp³-hybridized carbons (Fsp3) is 0.294. The topological polar surface area (TPSA) is 129 Å². The number of hydrogen-bond acceptors (Lipinski definition) is 9. The number of amides is 2. The van der Waals surface area contributed by atoms with Crippen LogP contribution in [0, 0.1) is 0 Å². The number of halogens is 6. The average Bonchev–Trinajstić information content (AvgIpc) is 3.34. The van der Waals surface area contributed by atoms with E-state index < -0.39 is 47.0 Å². The largest absolute Gasteiger partial charge is 0.507 e. The number of thiocarbonyl (C=S) groups is 1. The number of alkyl halides is 6. The molecule has 0 unspecified atom stereocenters. The number of nitrogens with one attached hydrogen (secondary N) is 1. The molecule has 18 heteroatoms. The van der Waals surface area contributed by atoms with Crippen LogP contribution < -0.4 is 10.1 Å². The maximum Gasteiger partial charge on any atom is 0.416 e. The van der Waals surface area contributed by atoms with Crippen LogP contribution in [0.4, 0.5) is 32.0 Å². The first kappa shape index (κ1) is 38.6. The van der Waals surface area contributed by atoms with Gasteiger partial charge in [-0.3, -0.25) is 19.4 Å². The molecule has 0 atom stereocenters. The van der Waals surface area contributed by atoms with Crippen molar-refractivity contribution in [3.05, 3.63) is 81.8 Å². The summed E-state index contributed by atoms with van der Waals surface area (Å²) in [5, 5.41) is 21.4. The number of benzene rings is 3. The van der Waals surface area contributed by atoms with Gasteiger partial charge in [-0.05, 0) is 59.7 Å². The number of hydrogen-bond donors (Lipinski definition) is 3. The van der Waals surface area contributed by atoms with Crippen molar-refractivity contribution < 1.29 is 60.4 Å². The van der Waals surface area contributed by atoms with Crippen LogP contribution in [0.2, 0.25) is 0 Å². The number of ether oxygens (including phenoxy) is 2. The molecule has 276 valence electrons. The van der Waals surface area contributed by atoms with E-state index in [0.717, 1.165) is 28.8 Å². The van der Waals surface area contributed by atoms with E-state index in [4.69, 9.17) is 26.8 Å². The number of rotatable bonds is 11. The van der Waals surface area contributed by atoms with Gasteiger partial charge in [-0.15, -0.1) is 0 Å². The first-order valence-corrected chi connectivity index (χ1v) is 16.7. The lowest BCUT2D eigenvalue weighted by molar-refractivity contribution is -0.143. The summed E-state index contributed by atoms with van der Waals surface area (Å²) in [5.74, 6) is -2.89. The third kappa shape index (κ3) is 9.61. The summed E-state index contributed by atoms with van der Waals surface area (Å²) in [5.41, 5.74) is -3.39. The molecule has 2 amide bonds. The standard InChI is InChI=1S/C34H29F6N3O7S2/c35-33(36,37)22-14-20(15-23(17-22)34(38,39)40)19-1-4-27(50-12-9-42-7-10-49-11-8-42)21(13-19)16-28-30(46)43(32(51)52-28)6-5-29(45)41-24-2-3-25(31(47)48)26(44)18-24/h1-4,13-18,44H,5-12H2,(H,41,45)(H,47,48). The minimum Gasteiger partial charge on any atom is -0.507 e. The second-order valence-electron chi connectivity index (χ2n) is 11.5. The van der Waals surface area contributed by atoms with E-state index in [2.05, 4.69) is 10.2 Å². The molecule has 2 saturated heterocycles. The molecule has 52 heavy (non-hydrogen) atoms. The summed E-state index contributed by atoms with van der Waals surface area (Å²) in [6, 6.07) is 8.76. The number of nitrogens with zero attached hydrogens (tertiary/aromatic N) is 2. The smallest absolute Gasteiger partial charge is 0.416 e. The number of morpholine rings is 1. The zero-order valence-corrected chi connectivity index (χ0v) is 28.5. The molecule has 0 saturated carbocycles. The minimum atomic E-state index is -5.06. The predicted molar refractivity (Wildman–Crippen MR) is 183 cm³/mol. The maximum atomic E-state index is 13.6. The van der Waals surface area contributed by atoms with Gasteiger partial charge < -0.3 is 25.0 Å². The summed E-state index contributed by atoms with van der Waals surface area (Å²) >= 11 is 6.25. The lowest BCUT2D eigenvalue weighted by Crippen LogP contribution is -2.38. The number of phenols is 1. The number of carboxylic acid groups (broad SMARTS) is 1. The predicted octanol–water partition coefficient (Wildman–Crippen LogP) is 6.74. The van der Waals surface area contributed by atoms with Gasteiger partial charge in [0.2, 0.25) is 5.91 Å². The molecular weight excluding hydrogens is 741 g/mol. The summed E-state index contributed by atoms with van der Waals surface area (Å²) in [7, 11) is 0. The van der Waals surface area contributed by atoms with Gasteiger partial charge in [0, 0.05) is 49.9 Å². The normalized spacial score (nSPS) is 16.4. The van der Waals surface area contributed by atoms with Crippen LogP contribution in [0.3, 0.4) is 0 Å². The number of carbonyl (C=O) groups is 3. The van der Waals surface area contributed by atoms with Gasteiger partial charge in [-0.1, -0.05) is 30.0 Å². The highest BCUT2D eigenvalue weighted by Crippen LogP contribution is 2.40. The van der Waals surface area contributed by atoms with Gasteiger partial charge in [0.25, 0.3) is 5.91 Å². The van der Waals surface area contributed by atoms with Crippen molar-refractivity contribution in [2.24, 2.45) is 0 Å². The Morgan fingerprint density at radius 2 is 1.62 bits per heavy atom. The summed E-state index contributed by atoms with van der Waals surface area (Å²) in [6.07, 6.45) is -8.99. The average molecular weight is 770 g/mol. The zero-order valence-electron chi connectivity index (χ0n) is 26.8. The SMILES string of the molecule is O=C(CCN1C(=O)C(=Cc2cc(-c3cc(C(F)(F)F)cc(C(F)(F)F)c3)ccc2OCCN2CCOCC2)SC1=S)Nc1ccc(C(=O)O)c(O)c1. The van der Waals surface area contributed by atoms with Crippen LogP contribution in [0.15, 0.2) is 59.5 Å². The number of carbonyl (C=O) groups excluding carboxylic acids is 2. The van der Waals surface area contributed by atoms with Gasteiger partial charge in [0.05, 0.1) is 29.2 Å².